The smallest absolute Gasteiger partial charge is 0.272 e. The zero-order chi connectivity index (χ0) is 15.9. The highest BCUT2D eigenvalue weighted by atomic mass is 16.2. The van der Waals surface area contributed by atoms with Gasteiger partial charge in [0.05, 0.1) is 0 Å². The molecule has 0 aliphatic carbocycles. The van der Waals surface area contributed by atoms with Crippen molar-refractivity contribution >= 4 is 18.0 Å². The van der Waals surface area contributed by atoms with E-state index in [1.165, 1.54) is 0 Å². The first kappa shape index (κ1) is 16.3. The van der Waals surface area contributed by atoms with E-state index in [1.54, 1.807) is 22.1 Å². The molecule has 0 saturated carbocycles. The molecule has 0 atom stereocenters. The highest BCUT2D eigenvalue weighted by molar-refractivity contribution is 5.93. The molecule has 22 heavy (non-hydrogen) atoms. The molecule has 0 radical (unpaired) electrons. The van der Waals surface area contributed by atoms with Crippen molar-refractivity contribution in [2.45, 2.75) is 20.3 Å². The number of piperazine rings is 1. The van der Waals surface area contributed by atoms with Gasteiger partial charge in [0.1, 0.15) is 5.69 Å². The maximum absolute atomic E-state index is 12.5. The third-order valence-electron chi connectivity index (χ3n) is 3.78. The Kier molecular flexibility index (Phi) is 5.75. The molecule has 0 unspecified atom stereocenters. The first-order valence-corrected chi connectivity index (χ1v) is 7.78. The molecule has 6 nitrogen and oxygen atoms in total. The van der Waals surface area contributed by atoms with Gasteiger partial charge >= 0.3 is 0 Å². The quantitative estimate of drug-likeness (QED) is 0.808. The van der Waals surface area contributed by atoms with Crippen LogP contribution in [0.4, 0.5) is 5.69 Å². The Morgan fingerprint density at radius 3 is 2.73 bits per heavy atom. The number of carbonyl (C=O) groups excluding carboxylic acids is 2. The van der Waals surface area contributed by atoms with Crippen LogP contribution in [0.5, 0.6) is 0 Å². The van der Waals surface area contributed by atoms with E-state index >= 15 is 0 Å². The summed E-state index contributed by atoms with van der Waals surface area (Å²) in [6.07, 6.45) is 3.57. The molecule has 0 aromatic carbocycles. The molecule has 2 amide bonds. The molecular formula is C16H24N4O2. The summed E-state index contributed by atoms with van der Waals surface area (Å²) in [6, 6.07) is 3.68. The van der Waals surface area contributed by atoms with Crippen molar-refractivity contribution in [3.8, 4) is 0 Å². The van der Waals surface area contributed by atoms with Gasteiger partial charge < -0.3 is 15.1 Å². The first-order valence-electron chi connectivity index (χ1n) is 7.78. The van der Waals surface area contributed by atoms with Gasteiger partial charge in [0.15, 0.2) is 0 Å². The van der Waals surface area contributed by atoms with Crippen molar-refractivity contribution in [3.05, 3.63) is 24.0 Å². The Labute approximate surface area is 131 Å². The van der Waals surface area contributed by atoms with Gasteiger partial charge in [-0.1, -0.05) is 13.8 Å². The Hall–Kier alpha value is -2.11. The van der Waals surface area contributed by atoms with Crippen LogP contribution in [0.15, 0.2) is 18.3 Å². The summed E-state index contributed by atoms with van der Waals surface area (Å²) in [5.74, 6) is 0.572. The minimum absolute atomic E-state index is 0.0712. The van der Waals surface area contributed by atoms with Gasteiger partial charge in [0, 0.05) is 44.6 Å². The van der Waals surface area contributed by atoms with E-state index in [1.807, 2.05) is 6.07 Å². The number of nitrogens with zero attached hydrogens (tertiary/aromatic N) is 3. The average molecular weight is 304 g/mol. The average Bonchev–Trinajstić information content (AvgIpc) is 2.54. The van der Waals surface area contributed by atoms with E-state index in [4.69, 9.17) is 0 Å². The van der Waals surface area contributed by atoms with Gasteiger partial charge in [-0.25, -0.2) is 0 Å². The molecule has 2 rings (SSSR count). The number of carbonyl (C=O) groups is 2. The van der Waals surface area contributed by atoms with E-state index in [0.29, 0.717) is 37.8 Å². The number of nitrogens with one attached hydrogen (secondary N) is 1. The molecule has 0 spiro atoms. The van der Waals surface area contributed by atoms with Crippen LogP contribution in [-0.4, -0.2) is 59.8 Å². The van der Waals surface area contributed by atoms with E-state index in [-0.39, 0.29) is 5.91 Å². The standard InChI is InChI=1S/C16H24N4O2/c1-13(2)3-5-17-14-4-6-18-15(11-14)16(22)20-9-7-19(12-21)8-10-20/h4,6,11-13H,3,5,7-10H2,1-2H3,(H,17,18). The Morgan fingerprint density at radius 2 is 2.09 bits per heavy atom. The highest BCUT2D eigenvalue weighted by Gasteiger charge is 2.22. The lowest BCUT2D eigenvalue weighted by atomic mass is 10.1. The maximum Gasteiger partial charge on any atom is 0.272 e. The topological polar surface area (TPSA) is 65.5 Å². The minimum atomic E-state index is -0.0712. The van der Waals surface area contributed by atoms with Crippen molar-refractivity contribution in [2.75, 3.05) is 38.0 Å². The van der Waals surface area contributed by atoms with Crippen LogP contribution in [-0.2, 0) is 4.79 Å². The van der Waals surface area contributed by atoms with Crippen molar-refractivity contribution in [3.63, 3.8) is 0 Å². The summed E-state index contributed by atoms with van der Waals surface area (Å²) in [4.78, 5) is 30.8. The van der Waals surface area contributed by atoms with Crippen molar-refractivity contribution in [2.24, 2.45) is 5.92 Å². The third-order valence-corrected chi connectivity index (χ3v) is 3.78. The fourth-order valence-electron chi connectivity index (χ4n) is 2.36. The van der Waals surface area contributed by atoms with Crippen LogP contribution in [0, 0.1) is 5.92 Å². The van der Waals surface area contributed by atoms with Crippen LogP contribution in [0.1, 0.15) is 30.8 Å². The normalized spacial score (nSPS) is 15.0. The fraction of sp³-hybridized carbons (Fsp3) is 0.562. The van der Waals surface area contributed by atoms with Gasteiger partial charge in [0.25, 0.3) is 5.91 Å². The Bertz CT molecular complexity index is 511. The largest absolute Gasteiger partial charge is 0.385 e. The Morgan fingerprint density at radius 1 is 1.36 bits per heavy atom. The molecule has 6 heteroatoms. The number of anilines is 1. The lowest BCUT2D eigenvalue weighted by Crippen LogP contribution is -2.48. The zero-order valence-electron chi connectivity index (χ0n) is 13.3. The lowest BCUT2D eigenvalue weighted by Gasteiger charge is -2.32. The van der Waals surface area contributed by atoms with E-state index in [9.17, 15) is 9.59 Å². The molecule has 0 bridgehead atoms. The predicted molar refractivity (Wildman–Crippen MR) is 85.7 cm³/mol. The number of hydrogen-bond donors (Lipinski definition) is 1. The zero-order valence-corrected chi connectivity index (χ0v) is 13.3. The SMILES string of the molecule is CC(C)CCNc1ccnc(C(=O)N2CCN(C=O)CC2)c1. The van der Waals surface area contributed by atoms with Crippen molar-refractivity contribution in [1.82, 2.24) is 14.8 Å². The number of aromatic nitrogens is 1. The van der Waals surface area contributed by atoms with Gasteiger partial charge in [-0.3, -0.25) is 14.6 Å². The first-order chi connectivity index (χ1) is 10.6. The fourth-order valence-corrected chi connectivity index (χ4v) is 2.36. The van der Waals surface area contributed by atoms with E-state index < -0.39 is 0 Å². The molecule has 1 aliphatic heterocycles. The van der Waals surface area contributed by atoms with E-state index in [0.717, 1.165) is 25.1 Å². The second-order valence-electron chi connectivity index (χ2n) is 5.97. The molecule has 120 valence electrons. The maximum atomic E-state index is 12.5. The summed E-state index contributed by atoms with van der Waals surface area (Å²) in [5.41, 5.74) is 1.37. The van der Waals surface area contributed by atoms with Crippen LogP contribution in [0.2, 0.25) is 0 Å². The predicted octanol–water partition coefficient (Wildman–Crippen LogP) is 1.45. The summed E-state index contributed by atoms with van der Waals surface area (Å²) >= 11 is 0. The van der Waals surface area contributed by atoms with Crippen LogP contribution < -0.4 is 5.32 Å². The Balaban J connectivity index is 1.94. The molecule has 1 saturated heterocycles. The summed E-state index contributed by atoms with van der Waals surface area (Å²) in [5, 5.41) is 3.33. The molecule has 1 fully saturated rings. The molecule has 1 aromatic rings. The van der Waals surface area contributed by atoms with Crippen LogP contribution in [0.3, 0.4) is 0 Å². The summed E-state index contributed by atoms with van der Waals surface area (Å²) in [6.45, 7) is 7.54. The number of rotatable bonds is 6. The molecule has 1 N–H and O–H groups in total. The molecular weight excluding hydrogens is 280 g/mol. The molecule has 1 aliphatic rings. The van der Waals surface area contributed by atoms with Gasteiger partial charge in [-0.05, 0) is 24.5 Å². The number of pyridine rings is 1. The van der Waals surface area contributed by atoms with Crippen LogP contribution >= 0.6 is 0 Å². The van der Waals surface area contributed by atoms with Crippen molar-refractivity contribution < 1.29 is 9.59 Å². The molecule has 1 aromatic heterocycles. The lowest BCUT2D eigenvalue weighted by molar-refractivity contribution is -0.119. The number of amides is 2. The monoisotopic (exact) mass is 304 g/mol. The summed E-state index contributed by atoms with van der Waals surface area (Å²) < 4.78 is 0. The second-order valence-corrected chi connectivity index (χ2v) is 5.97. The minimum Gasteiger partial charge on any atom is -0.385 e. The second kappa shape index (κ2) is 7.77. The third kappa shape index (κ3) is 4.44. The van der Waals surface area contributed by atoms with Gasteiger partial charge in [0.2, 0.25) is 6.41 Å². The van der Waals surface area contributed by atoms with Gasteiger partial charge in [-0.2, -0.15) is 0 Å². The highest BCUT2D eigenvalue weighted by Crippen LogP contribution is 2.12. The summed E-state index contributed by atoms with van der Waals surface area (Å²) in [7, 11) is 0. The molecule has 2 heterocycles. The van der Waals surface area contributed by atoms with E-state index in [2.05, 4.69) is 24.1 Å². The van der Waals surface area contributed by atoms with Crippen molar-refractivity contribution in [1.29, 1.82) is 0 Å². The van der Waals surface area contributed by atoms with Crippen LogP contribution in [0.25, 0.3) is 0 Å². The number of hydrogen-bond acceptors (Lipinski definition) is 4. The van der Waals surface area contributed by atoms with Gasteiger partial charge in [-0.15, -0.1) is 0 Å².